The average Bonchev–Trinajstić information content (AvgIpc) is 2.83. The van der Waals surface area contributed by atoms with Gasteiger partial charge in [0.2, 0.25) is 0 Å². The van der Waals surface area contributed by atoms with Crippen molar-refractivity contribution in [2.75, 3.05) is 88.0 Å². The molecule has 1 N–H and O–H groups in total. The summed E-state index contributed by atoms with van der Waals surface area (Å²) in [4.78, 5) is 5.04. The van der Waals surface area contributed by atoms with E-state index in [4.69, 9.17) is 22.1 Å². The van der Waals surface area contributed by atoms with Crippen LogP contribution >= 0.6 is 0 Å². The summed E-state index contributed by atoms with van der Waals surface area (Å²) in [5.41, 5.74) is 0. The highest BCUT2D eigenvalue weighted by Crippen LogP contribution is 2.28. The number of nitrogens with zero attached hydrogens (tertiary/aromatic N) is 2. The highest BCUT2D eigenvalue weighted by molar-refractivity contribution is 6.77. The van der Waals surface area contributed by atoms with Gasteiger partial charge in [-0.05, 0) is 50.9 Å². The first kappa shape index (κ1) is 30.4. The number of nitrogens with one attached hydrogen (secondary N) is 1. The molecule has 1 aliphatic rings. The molecule has 1 fully saturated rings. The first-order valence-electron chi connectivity index (χ1n) is 12.3. The molecule has 8 nitrogen and oxygen atoms in total. The van der Waals surface area contributed by atoms with Gasteiger partial charge in [-0.3, -0.25) is 0 Å². The number of piperazine rings is 1. The van der Waals surface area contributed by atoms with E-state index in [-0.39, 0.29) is 9.52 Å². The molecule has 32 heavy (non-hydrogen) atoms. The molecule has 0 aromatic carbocycles. The van der Waals surface area contributed by atoms with Gasteiger partial charge in [-0.2, -0.15) is 0 Å². The lowest BCUT2D eigenvalue weighted by atomic mass is 10.2. The molecule has 0 aliphatic carbocycles. The lowest BCUT2D eigenvalue weighted by molar-refractivity contribution is 0.123. The van der Waals surface area contributed by atoms with Gasteiger partial charge in [0, 0.05) is 77.3 Å². The van der Waals surface area contributed by atoms with E-state index in [0.717, 1.165) is 25.2 Å². The maximum atomic E-state index is 5.94. The van der Waals surface area contributed by atoms with Crippen LogP contribution in [0.5, 0.6) is 0 Å². The first-order valence-corrected chi connectivity index (χ1v) is 18.4. The van der Waals surface area contributed by atoms with Crippen LogP contribution in [0.2, 0.25) is 17.8 Å². The Morgan fingerprint density at radius 2 is 1.47 bits per heavy atom. The predicted molar refractivity (Wildman–Crippen MR) is 139 cm³/mol. The molecule has 0 saturated carbocycles. The van der Waals surface area contributed by atoms with E-state index in [1.54, 1.807) is 21.3 Å². The van der Waals surface area contributed by atoms with E-state index in [2.05, 4.69) is 28.7 Å². The zero-order chi connectivity index (χ0) is 23.9. The summed E-state index contributed by atoms with van der Waals surface area (Å²) in [7, 11) is 6.04. The van der Waals surface area contributed by atoms with Gasteiger partial charge in [0.05, 0.1) is 0 Å². The van der Waals surface area contributed by atoms with Crippen molar-refractivity contribution in [2.45, 2.75) is 49.9 Å². The Kier molecular flexibility index (Phi) is 16.0. The van der Waals surface area contributed by atoms with Crippen LogP contribution in [-0.4, -0.2) is 125 Å². The fourth-order valence-electron chi connectivity index (χ4n) is 4.45. The second-order valence-electron chi connectivity index (χ2n) is 9.05. The Morgan fingerprint density at radius 1 is 0.844 bits per heavy atom. The van der Waals surface area contributed by atoms with E-state index in [1.807, 2.05) is 14.2 Å². The van der Waals surface area contributed by atoms with Crippen molar-refractivity contribution in [1.29, 1.82) is 0 Å². The van der Waals surface area contributed by atoms with Gasteiger partial charge < -0.3 is 37.2 Å². The van der Waals surface area contributed by atoms with Crippen molar-refractivity contribution in [3.63, 3.8) is 0 Å². The molecule has 192 valence electrons. The molecule has 0 amide bonds. The SMILES string of the molecule is CO[Si](CCCNC[SiH2]C(CCCCCN1CCN(C)CC1)[Si](C)(OC)OC)(OC)OC. The van der Waals surface area contributed by atoms with Crippen LogP contribution < -0.4 is 5.32 Å². The van der Waals surface area contributed by atoms with Gasteiger partial charge in [0.25, 0.3) is 0 Å². The summed E-state index contributed by atoms with van der Waals surface area (Å²) in [6.45, 7) is 9.31. The minimum absolute atomic E-state index is 0.336. The Morgan fingerprint density at radius 3 is 2.03 bits per heavy atom. The highest BCUT2D eigenvalue weighted by Gasteiger charge is 2.39. The third kappa shape index (κ3) is 10.7. The van der Waals surface area contributed by atoms with Crippen molar-refractivity contribution in [3.05, 3.63) is 0 Å². The van der Waals surface area contributed by atoms with Crippen LogP contribution in [0.15, 0.2) is 0 Å². The summed E-state index contributed by atoms with van der Waals surface area (Å²) in [5, 5.41) is 4.28. The number of hydrogen-bond acceptors (Lipinski definition) is 8. The smallest absolute Gasteiger partial charge is 0.398 e. The second-order valence-corrected chi connectivity index (χ2v) is 18.7. The van der Waals surface area contributed by atoms with Crippen molar-refractivity contribution in [1.82, 2.24) is 15.1 Å². The third-order valence-corrected chi connectivity index (χ3v) is 18.2. The summed E-state index contributed by atoms with van der Waals surface area (Å²) in [6, 6.07) is 0.838. The Bertz CT molecular complexity index is 458. The highest BCUT2D eigenvalue weighted by atomic mass is 28.4. The van der Waals surface area contributed by atoms with E-state index >= 15 is 0 Å². The molecule has 1 unspecified atom stereocenters. The molecule has 0 bridgehead atoms. The molecule has 0 aromatic rings. The monoisotopic (exact) mass is 509 g/mol. The van der Waals surface area contributed by atoms with Gasteiger partial charge in [0.15, 0.2) is 0 Å². The van der Waals surface area contributed by atoms with Crippen molar-refractivity contribution in [3.8, 4) is 0 Å². The largest absolute Gasteiger partial charge is 0.500 e. The van der Waals surface area contributed by atoms with Gasteiger partial charge in [-0.25, -0.2) is 0 Å². The molecule has 1 atom stereocenters. The fourth-order valence-corrected chi connectivity index (χ4v) is 12.6. The second kappa shape index (κ2) is 16.9. The lowest BCUT2D eigenvalue weighted by Gasteiger charge is -2.33. The maximum absolute atomic E-state index is 5.94. The molecule has 0 radical (unpaired) electrons. The minimum atomic E-state index is -2.45. The minimum Gasteiger partial charge on any atom is -0.398 e. The van der Waals surface area contributed by atoms with E-state index in [1.165, 1.54) is 58.4 Å². The molecular formula is C21H51N3O5Si3. The summed E-state index contributed by atoms with van der Waals surface area (Å²) < 4.78 is 28.4. The predicted octanol–water partition coefficient (Wildman–Crippen LogP) is 1.47. The summed E-state index contributed by atoms with van der Waals surface area (Å²) in [6.07, 6.45) is 7.25. The van der Waals surface area contributed by atoms with Gasteiger partial charge >= 0.3 is 17.4 Å². The molecule has 1 rings (SSSR count). The Labute approximate surface area is 202 Å². The number of likely N-dealkylation sites (N-methyl/N-ethyl adjacent to an activating group) is 1. The van der Waals surface area contributed by atoms with Crippen LogP contribution in [0, 0.1) is 0 Å². The van der Waals surface area contributed by atoms with Gasteiger partial charge in [-0.15, -0.1) is 0 Å². The summed E-state index contributed by atoms with van der Waals surface area (Å²) in [5.74, 6) is 0. The molecule has 1 aliphatic heterocycles. The third-order valence-electron chi connectivity index (χ3n) is 7.11. The standard InChI is InChI=1S/C21H51N3O5Si3/c1-23-15-17-24(18-16-23)14-10-8-9-12-21(31(7,25-2)26-3)30-20-22-13-11-19-32(27-4,28-5)29-6/h21-22H,8-20,30H2,1-7H3. The van der Waals surface area contributed by atoms with Crippen molar-refractivity contribution < 1.29 is 22.1 Å². The molecule has 1 heterocycles. The number of unbranched alkanes of at least 4 members (excludes halogenated alkanes) is 2. The first-order chi connectivity index (χ1) is 15.4. The van der Waals surface area contributed by atoms with Crippen LogP contribution in [0.4, 0.5) is 0 Å². The van der Waals surface area contributed by atoms with E-state index < -0.39 is 17.4 Å². The molecule has 11 heteroatoms. The lowest BCUT2D eigenvalue weighted by Crippen LogP contribution is -2.46. The molecule has 0 aromatic heterocycles. The molecular weight excluding hydrogens is 459 g/mol. The van der Waals surface area contributed by atoms with E-state index in [0.29, 0.717) is 5.16 Å². The van der Waals surface area contributed by atoms with Crippen LogP contribution in [0.3, 0.4) is 0 Å². The van der Waals surface area contributed by atoms with Gasteiger partial charge in [-0.1, -0.05) is 19.3 Å². The Balaban J connectivity index is 2.31. The van der Waals surface area contributed by atoms with Gasteiger partial charge in [0.1, 0.15) is 0 Å². The zero-order valence-electron chi connectivity index (χ0n) is 21.9. The average molecular weight is 510 g/mol. The fraction of sp³-hybridized carbons (Fsp3) is 1.00. The molecule has 0 spiro atoms. The maximum Gasteiger partial charge on any atom is 0.500 e. The van der Waals surface area contributed by atoms with Crippen molar-refractivity contribution in [2.24, 2.45) is 0 Å². The van der Waals surface area contributed by atoms with E-state index in [9.17, 15) is 0 Å². The summed E-state index contributed by atoms with van der Waals surface area (Å²) >= 11 is 0. The van der Waals surface area contributed by atoms with Crippen molar-refractivity contribution >= 4 is 26.9 Å². The quantitative estimate of drug-likeness (QED) is 0.207. The number of rotatable bonds is 19. The zero-order valence-corrected chi connectivity index (χ0v) is 25.3. The normalized spacial score (nSPS) is 18.1. The van der Waals surface area contributed by atoms with Crippen LogP contribution in [0.25, 0.3) is 0 Å². The Hall–Kier alpha value is 0.331. The number of hydrogen-bond donors (Lipinski definition) is 1. The molecule has 1 saturated heterocycles. The van der Waals surface area contributed by atoms with Crippen LogP contribution in [0.1, 0.15) is 32.1 Å². The van der Waals surface area contributed by atoms with Crippen LogP contribution in [-0.2, 0) is 22.1 Å². The topological polar surface area (TPSA) is 64.7 Å².